The molecular formula is C17H33N. The molecule has 0 aromatic carbocycles. The van der Waals surface area contributed by atoms with Gasteiger partial charge in [0.1, 0.15) is 0 Å². The fourth-order valence-electron chi connectivity index (χ4n) is 3.45. The Morgan fingerprint density at radius 3 is 2.00 bits per heavy atom. The minimum absolute atomic E-state index is 0.258. The third-order valence-corrected chi connectivity index (χ3v) is 4.01. The van der Waals surface area contributed by atoms with Crippen LogP contribution in [0.5, 0.6) is 0 Å². The zero-order chi connectivity index (χ0) is 14.1. The van der Waals surface area contributed by atoms with Crippen LogP contribution in [0.1, 0.15) is 67.7 Å². The van der Waals surface area contributed by atoms with Crippen LogP contribution < -0.4 is 0 Å². The third kappa shape index (κ3) is 3.52. The van der Waals surface area contributed by atoms with Gasteiger partial charge in [-0.3, -0.25) is 0 Å². The quantitative estimate of drug-likeness (QED) is 0.661. The van der Waals surface area contributed by atoms with Crippen molar-refractivity contribution in [2.45, 2.75) is 67.7 Å². The van der Waals surface area contributed by atoms with E-state index in [2.05, 4.69) is 60.4 Å². The van der Waals surface area contributed by atoms with Crippen LogP contribution in [-0.4, -0.2) is 18.5 Å². The maximum atomic E-state index is 2.53. The van der Waals surface area contributed by atoms with Crippen molar-refractivity contribution in [3.63, 3.8) is 0 Å². The normalized spacial score (nSPS) is 22.7. The molecule has 1 aliphatic heterocycles. The molecule has 0 aromatic heterocycles. The standard InChI is InChI=1S/C17H33N/c1-9-10-13-11-14(16(2,3)4)15(17(5,6)7)18(8)12-13/h13H,9-12H2,1-8H3. The second-order valence-corrected chi connectivity index (χ2v) is 8.07. The summed E-state index contributed by atoms with van der Waals surface area (Å²) in [4.78, 5) is 2.53. The van der Waals surface area contributed by atoms with Crippen molar-refractivity contribution < 1.29 is 0 Å². The minimum atomic E-state index is 0.258. The van der Waals surface area contributed by atoms with Crippen molar-refractivity contribution in [2.75, 3.05) is 13.6 Å². The molecule has 1 rings (SSSR count). The summed E-state index contributed by atoms with van der Waals surface area (Å²) in [6, 6.07) is 0. The molecule has 0 saturated carbocycles. The van der Waals surface area contributed by atoms with E-state index in [1.54, 1.807) is 11.3 Å². The van der Waals surface area contributed by atoms with Gasteiger partial charge in [0, 0.05) is 24.7 Å². The van der Waals surface area contributed by atoms with E-state index >= 15 is 0 Å². The van der Waals surface area contributed by atoms with Crippen molar-refractivity contribution in [1.82, 2.24) is 4.90 Å². The van der Waals surface area contributed by atoms with Gasteiger partial charge in [0.05, 0.1) is 0 Å². The lowest BCUT2D eigenvalue weighted by molar-refractivity contribution is 0.209. The van der Waals surface area contributed by atoms with Gasteiger partial charge in [-0.2, -0.15) is 0 Å². The van der Waals surface area contributed by atoms with Crippen LogP contribution in [-0.2, 0) is 0 Å². The fraction of sp³-hybridized carbons (Fsp3) is 0.882. The second-order valence-electron chi connectivity index (χ2n) is 8.07. The molecule has 1 atom stereocenters. The highest BCUT2D eigenvalue weighted by molar-refractivity contribution is 5.26. The molecule has 1 aliphatic rings. The summed E-state index contributed by atoms with van der Waals surface area (Å²) in [6.07, 6.45) is 3.97. The molecule has 1 nitrogen and oxygen atoms in total. The van der Waals surface area contributed by atoms with Crippen molar-refractivity contribution in [1.29, 1.82) is 0 Å². The van der Waals surface area contributed by atoms with Gasteiger partial charge in [0.15, 0.2) is 0 Å². The Balaban J connectivity index is 3.18. The van der Waals surface area contributed by atoms with E-state index in [0.29, 0.717) is 5.41 Å². The second kappa shape index (κ2) is 5.27. The summed E-state index contributed by atoms with van der Waals surface area (Å²) in [5.74, 6) is 0.848. The number of hydrogen-bond donors (Lipinski definition) is 0. The van der Waals surface area contributed by atoms with Crippen LogP contribution >= 0.6 is 0 Å². The molecule has 0 N–H and O–H groups in total. The molecule has 0 aromatic rings. The van der Waals surface area contributed by atoms with E-state index in [1.165, 1.54) is 25.8 Å². The number of nitrogens with zero attached hydrogens (tertiary/aromatic N) is 1. The van der Waals surface area contributed by atoms with Crippen molar-refractivity contribution in [3.05, 3.63) is 11.3 Å². The summed E-state index contributed by atoms with van der Waals surface area (Å²) in [7, 11) is 2.29. The largest absolute Gasteiger partial charge is 0.377 e. The van der Waals surface area contributed by atoms with Crippen LogP contribution in [0.2, 0.25) is 0 Å². The molecule has 18 heavy (non-hydrogen) atoms. The average molecular weight is 251 g/mol. The van der Waals surface area contributed by atoms with Crippen LogP contribution in [0.25, 0.3) is 0 Å². The molecule has 1 heterocycles. The zero-order valence-electron chi connectivity index (χ0n) is 13.9. The molecule has 0 spiro atoms. The summed E-state index contributed by atoms with van der Waals surface area (Å²) < 4.78 is 0. The monoisotopic (exact) mass is 251 g/mol. The first-order valence-corrected chi connectivity index (χ1v) is 7.52. The maximum absolute atomic E-state index is 2.53. The lowest BCUT2D eigenvalue weighted by Crippen LogP contribution is -2.39. The van der Waals surface area contributed by atoms with E-state index in [0.717, 1.165) is 5.92 Å². The Bertz CT molecular complexity index is 311. The highest BCUT2D eigenvalue weighted by atomic mass is 15.1. The molecule has 106 valence electrons. The topological polar surface area (TPSA) is 3.24 Å². The molecule has 1 unspecified atom stereocenters. The first kappa shape index (κ1) is 15.6. The highest BCUT2D eigenvalue weighted by Gasteiger charge is 2.35. The molecule has 0 amide bonds. The van der Waals surface area contributed by atoms with Crippen LogP contribution in [0, 0.1) is 16.7 Å². The SMILES string of the molecule is CCCC1CC(C(C)(C)C)=C(C(C)(C)C)N(C)C1. The van der Waals surface area contributed by atoms with Crippen LogP contribution in [0.15, 0.2) is 11.3 Å². The molecule has 0 bridgehead atoms. The van der Waals surface area contributed by atoms with Gasteiger partial charge in [-0.1, -0.05) is 54.9 Å². The molecule has 0 aliphatic carbocycles. The van der Waals surface area contributed by atoms with E-state index < -0.39 is 0 Å². The van der Waals surface area contributed by atoms with Crippen molar-refractivity contribution in [2.24, 2.45) is 16.7 Å². The maximum Gasteiger partial charge on any atom is 0.0203 e. The van der Waals surface area contributed by atoms with E-state index in [1.807, 2.05) is 0 Å². The highest BCUT2D eigenvalue weighted by Crippen LogP contribution is 2.44. The first-order valence-electron chi connectivity index (χ1n) is 7.52. The number of hydrogen-bond acceptors (Lipinski definition) is 1. The first-order chi connectivity index (χ1) is 8.07. The Morgan fingerprint density at radius 1 is 1.06 bits per heavy atom. The summed E-state index contributed by atoms with van der Waals surface area (Å²) >= 11 is 0. The summed E-state index contributed by atoms with van der Waals surface area (Å²) in [6.45, 7) is 17.7. The van der Waals surface area contributed by atoms with Crippen molar-refractivity contribution >= 4 is 0 Å². The predicted octanol–water partition coefficient (Wildman–Crippen LogP) is 5.08. The van der Waals surface area contributed by atoms with Crippen LogP contribution in [0.3, 0.4) is 0 Å². The number of rotatable bonds is 2. The zero-order valence-corrected chi connectivity index (χ0v) is 13.9. The molecule has 1 heteroatoms. The lowest BCUT2D eigenvalue weighted by atomic mass is 9.72. The molecule has 0 saturated heterocycles. The summed E-state index contributed by atoms with van der Waals surface area (Å²) in [5.41, 5.74) is 3.82. The fourth-order valence-corrected chi connectivity index (χ4v) is 3.45. The minimum Gasteiger partial charge on any atom is -0.377 e. The van der Waals surface area contributed by atoms with Gasteiger partial charge < -0.3 is 4.90 Å². The Kier molecular flexibility index (Phi) is 4.56. The van der Waals surface area contributed by atoms with Gasteiger partial charge in [0.2, 0.25) is 0 Å². The summed E-state index contributed by atoms with van der Waals surface area (Å²) in [5, 5.41) is 0. The Labute approximate surface area is 115 Å². The van der Waals surface area contributed by atoms with E-state index in [9.17, 15) is 0 Å². The Morgan fingerprint density at radius 2 is 1.61 bits per heavy atom. The average Bonchev–Trinajstić information content (AvgIpc) is 2.13. The van der Waals surface area contributed by atoms with Gasteiger partial charge >= 0.3 is 0 Å². The Hall–Kier alpha value is -0.460. The van der Waals surface area contributed by atoms with Gasteiger partial charge in [-0.25, -0.2) is 0 Å². The van der Waals surface area contributed by atoms with Gasteiger partial charge in [0.25, 0.3) is 0 Å². The predicted molar refractivity (Wildman–Crippen MR) is 81.6 cm³/mol. The van der Waals surface area contributed by atoms with Crippen molar-refractivity contribution in [3.8, 4) is 0 Å². The molecule has 0 fully saturated rings. The van der Waals surface area contributed by atoms with Gasteiger partial charge in [-0.15, -0.1) is 0 Å². The molecular weight excluding hydrogens is 218 g/mol. The smallest absolute Gasteiger partial charge is 0.0203 e. The lowest BCUT2D eigenvalue weighted by Gasteiger charge is -2.45. The molecule has 0 radical (unpaired) electrons. The third-order valence-electron chi connectivity index (χ3n) is 4.01. The van der Waals surface area contributed by atoms with E-state index in [4.69, 9.17) is 0 Å². The van der Waals surface area contributed by atoms with Gasteiger partial charge in [-0.05, 0) is 29.7 Å². The van der Waals surface area contributed by atoms with Crippen LogP contribution in [0.4, 0.5) is 0 Å². The number of allylic oxidation sites excluding steroid dienone is 2. The van der Waals surface area contributed by atoms with E-state index in [-0.39, 0.29) is 5.41 Å².